The lowest BCUT2D eigenvalue weighted by molar-refractivity contribution is -0.120. The second-order valence-corrected chi connectivity index (χ2v) is 10.0. The Morgan fingerprint density at radius 2 is 1.91 bits per heavy atom. The molecular formula is C23H28FN3O4S. The van der Waals surface area contributed by atoms with Crippen molar-refractivity contribution < 1.29 is 22.4 Å². The molecule has 0 amide bonds. The Hall–Kier alpha value is -2.81. The highest BCUT2D eigenvalue weighted by molar-refractivity contribution is 7.92. The first kappa shape index (κ1) is 23.8. The van der Waals surface area contributed by atoms with Crippen molar-refractivity contribution in [2.45, 2.75) is 45.4 Å². The Balaban J connectivity index is 1.69. The monoisotopic (exact) mass is 461 g/mol. The van der Waals surface area contributed by atoms with Crippen molar-refractivity contribution in [3.63, 3.8) is 0 Å². The van der Waals surface area contributed by atoms with Gasteiger partial charge in [0.1, 0.15) is 23.2 Å². The number of ketones is 2. The molecule has 1 fully saturated rings. The number of carbonyl (C=O) groups is 2. The van der Waals surface area contributed by atoms with Crippen LogP contribution in [0.2, 0.25) is 0 Å². The van der Waals surface area contributed by atoms with E-state index in [1.165, 1.54) is 12.1 Å². The number of rotatable bonds is 8. The molecule has 1 aliphatic rings. The van der Waals surface area contributed by atoms with Crippen LogP contribution < -0.4 is 9.62 Å². The SMILES string of the molecule is Cc1ccc(CCC(=O)C(C)c2ccc(NS(C)(=O)=O)c(F)c2)c(N2CCC(=O)CC2)n1. The van der Waals surface area contributed by atoms with Crippen LogP contribution in [0.4, 0.5) is 15.9 Å². The lowest BCUT2D eigenvalue weighted by Gasteiger charge is -2.29. The van der Waals surface area contributed by atoms with Crippen LogP contribution in [0.3, 0.4) is 0 Å². The summed E-state index contributed by atoms with van der Waals surface area (Å²) in [7, 11) is -3.59. The van der Waals surface area contributed by atoms with Gasteiger partial charge in [0.15, 0.2) is 0 Å². The van der Waals surface area contributed by atoms with Gasteiger partial charge in [-0.3, -0.25) is 14.3 Å². The second kappa shape index (κ2) is 9.77. The minimum absolute atomic E-state index is 0.0476. The number of aromatic nitrogens is 1. The highest BCUT2D eigenvalue weighted by atomic mass is 32.2. The quantitative estimate of drug-likeness (QED) is 0.648. The Labute approximate surface area is 188 Å². The smallest absolute Gasteiger partial charge is 0.229 e. The molecule has 1 atom stereocenters. The molecular weight excluding hydrogens is 433 g/mol. The van der Waals surface area contributed by atoms with E-state index in [4.69, 9.17) is 0 Å². The standard InChI is InChI=1S/C23H28FN3O4S/c1-15-4-5-17(23(25-15)27-12-10-19(28)11-13-27)7-9-22(29)16(2)18-6-8-21(20(24)14-18)26-32(3,30)31/h4-6,8,14,16,26H,7,9-13H2,1-3H3. The minimum Gasteiger partial charge on any atom is -0.355 e. The fourth-order valence-corrected chi connectivity index (χ4v) is 4.32. The summed E-state index contributed by atoms with van der Waals surface area (Å²) in [4.78, 5) is 31.2. The van der Waals surface area contributed by atoms with Crippen molar-refractivity contribution in [3.8, 4) is 0 Å². The second-order valence-electron chi connectivity index (χ2n) is 8.26. The zero-order valence-electron chi connectivity index (χ0n) is 18.5. The molecule has 0 bridgehead atoms. The Morgan fingerprint density at radius 3 is 2.53 bits per heavy atom. The van der Waals surface area contributed by atoms with Crippen LogP contribution in [-0.4, -0.2) is 44.3 Å². The zero-order valence-corrected chi connectivity index (χ0v) is 19.3. The van der Waals surface area contributed by atoms with Crippen LogP contribution in [0.5, 0.6) is 0 Å². The first-order chi connectivity index (χ1) is 15.0. The molecule has 1 N–H and O–H groups in total. The highest BCUT2D eigenvalue weighted by Crippen LogP contribution is 2.26. The van der Waals surface area contributed by atoms with Gasteiger partial charge < -0.3 is 4.90 Å². The van der Waals surface area contributed by atoms with E-state index in [0.29, 0.717) is 37.9 Å². The molecule has 172 valence electrons. The third-order valence-electron chi connectivity index (χ3n) is 5.63. The first-order valence-corrected chi connectivity index (χ1v) is 12.5. The number of nitrogens with one attached hydrogen (secondary N) is 1. The fourth-order valence-electron chi connectivity index (χ4n) is 3.75. The molecule has 1 aromatic heterocycles. The Morgan fingerprint density at radius 1 is 1.22 bits per heavy atom. The summed E-state index contributed by atoms with van der Waals surface area (Å²) in [6.45, 7) is 4.87. The Kier molecular flexibility index (Phi) is 7.28. The third kappa shape index (κ3) is 6.12. The number of hydrogen-bond donors (Lipinski definition) is 1. The third-order valence-corrected chi connectivity index (χ3v) is 6.22. The lowest BCUT2D eigenvalue weighted by atomic mass is 9.92. The predicted octanol–water partition coefficient (Wildman–Crippen LogP) is 3.38. The number of halogens is 1. The molecule has 1 aromatic carbocycles. The molecule has 0 saturated carbocycles. The molecule has 1 unspecified atom stereocenters. The van der Waals surface area contributed by atoms with Crippen LogP contribution in [0, 0.1) is 12.7 Å². The lowest BCUT2D eigenvalue weighted by Crippen LogP contribution is -2.35. The normalized spacial score (nSPS) is 15.5. The number of nitrogens with zero attached hydrogens (tertiary/aromatic N) is 2. The summed E-state index contributed by atoms with van der Waals surface area (Å²) in [6, 6.07) is 7.96. The summed E-state index contributed by atoms with van der Waals surface area (Å²) in [5, 5.41) is 0. The van der Waals surface area contributed by atoms with Gasteiger partial charge in [-0.1, -0.05) is 19.1 Å². The Bertz CT molecular complexity index is 1120. The van der Waals surface area contributed by atoms with Crippen LogP contribution in [0.15, 0.2) is 30.3 Å². The average molecular weight is 462 g/mol. The molecule has 0 radical (unpaired) electrons. The molecule has 2 heterocycles. The van der Waals surface area contributed by atoms with Gasteiger partial charge in [0.2, 0.25) is 10.0 Å². The molecule has 7 nitrogen and oxygen atoms in total. The average Bonchev–Trinajstić information content (AvgIpc) is 2.73. The number of piperidine rings is 1. The van der Waals surface area contributed by atoms with E-state index in [0.717, 1.165) is 23.3 Å². The number of carbonyl (C=O) groups excluding carboxylic acids is 2. The molecule has 2 aromatic rings. The van der Waals surface area contributed by atoms with E-state index in [-0.39, 0.29) is 23.7 Å². The summed E-state index contributed by atoms with van der Waals surface area (Å²) >= 11 is 0. The molecule has 1 saturated heterocycles. The van der Waals surface area contributed by atoms with Gasteiger partial charge >= 0.3 is 0 Å². The van der Waals surface area contributed by atoms with Crippen molar-refractivity contribution >= 4 is 33.1 Å². The number of benzene rings is 1. The van der Waals surface area contributed by atoms with Gasteiger partial charge in [-0.25, -0.2) is 17.8 Å². The minimum atomic E-state index is -3.59. The van der Waals surface area contributed by atoms with Crippen LogP contribution in [0.25, 0.3) is 0 Å². The molecule has 32 heavy (non-hydrogen) atoms. The fraction of sp³-hybridized carbons (Fsp3) is 0.435. The van der Waals surface area contributed by atoms with Crippen molar-refractivity contribution in [1.29, 1.82) is 0 Å². The predicted molar refractivity (Wildman–Crippen MR) is 122 cm³/mol. The van der Waals surface area contributed by atoms with Gasteiger partial charge in [-0.15, -0.1) is 0 Å². The van der Waals surface area contributed by atoms with E-state index >= 15 is 0 Å². The maximum absolute atomic E-state index is 14.3. The van der Waals surface area contributed by atoms with Crippen LogP contribution in [0.1, 0.15) is 48.9 Å². The van der Waals surface area contributed by atoms with Crippen molar-refractivity contribution in [1.82, 2.24) is 4.98 Å². The largest absolute Gasteiger partial charge is 0.355 e. The number of hydrogen-bond acceptors (Lipinski definition) is 6. The number of pyridine rings is 1. The van der Waals surface area contributed by atoms with Crippen molar-refractivity contribution in [2.24, 2.45) is 0 Å². The van der Waals surface area contributed by atoms with Gasteiger partial charge in [0.05, 0.1) is 11.9 Å². The number of aryl methyl sites for hydroxylation is 2. The zero-order chi connectivity index (χ0) is 23.5. The molecule has 3 rings (SSSR count). The van der Waals surface area contributed by atoms with E-state index in [1.54, 1.807) is 13.0 Å². The number of Topliss-reactive ketones (excluding diaryl/α,β-unsaturated/α-hetero) is 2. The van der Waals surface area contributed by atoms with Crippen LogP contribution >= 0.6 is 0 Å². The van der Waals surface area contributed by atoms with Crippen LogP contribution in [-0.2, 0) is 26.0 Å². The van der Waals surface area contributed by atoms with E-state index in [2.05, 4.69) is 14.6 Å². The summed E-state index contributed by atoms with van der Waals surface area (Å²) in [5.74, 6) is -0.235. The van der Waals surface area contributed by atoms with Gasteiger partial charge in [-0.05, 0) is 42.7 Å². The first-order valence-electron chi connectivity index (χ1n) is 10.6. The van der Waals surface area contributed by atoms with E-state index < -0.39 is 21.8 Å². The van der Waals surface area contributed by atoms with Crippen molar-refractivity contribution in [2.75, 3.05) is 29.0 Å². The molecule has 1 aliphatic heterocycles. The number of sulfonamides is 1. The maximum atomic E-state index is 14.3. The summed E-state index contributed by atoms with van der Waals surface area (Å²) < 4.78 is 39.1. The van der Waals surface area contributed by atoms with Gasteiger partial charge in [-0.2, -0.15) is 0 Å². The topological polar surface area (TPSA) is 96.4 Å². The van der Waals surface area contributed by atoms with E-state index in [1.807, 2.05) is 19.1 Å². The van der Waals surface area contributed by atoms with E-state index in [9.17, 15) is 22.4 Å². The maximum Gasteiger partial charge on any atom is 0.229 e. The van der Waals surface area contributed by atoms with Gasteiger partial charge in [0, 0.05) is 44.0 Å². The van der Waals surface area contributed by atoms with Crippen molar-refractivity contribution in [3.05, 3.63) is 53.0 Å². The summed E-state index contributed by atoms with van der Waals surface area (Å²) in [5.41, 5.74) is 2.16. The summed E-state index contributed by atoms with van der Waals surface area (Å²) in [6.07, 6.45) is 2.70. The molecule has 0 spiro atoms. The highest BCUT2D eigenvalue weighted by Gasteiger charge is 2.22. The van der Waals surface area contributed by atoms with Gasteiger partial charge in [0.25, 0.3) is 0 Å². The number of anilines is 2. The molecule has 0 aliphatic carbocycles. The molecule has 9 heteroatoms.